The lowest BCUT2D eigenvalue weighted by atomic mass is 10.1. The fraction of sp³-hybridized carbons (Fsp3) is 0.571. The number of benzene rings is 1. The summed E-state index contributed by atoms with van der Waals surface area (Å²) in [6.45, 7) is 3.47. The maximum Gasteiger partial charge on any atom is 0.160 e. The molecule has 0 aliphatic carbocycles. The standard InChI is InChI=1S/C14H20BrFN2/c1-10-5-3-2-4-8-18(10)12-7-6-11(9-17)13(15)14(12)16/h6-7,10H,2-5,8-9,17H2,1H3. The lowest BCUT2D eigenvalue weighted by Gasteiger charge is -2.30. The Hall–Kier alpha value is -0.610. The minimum absolute atomic E-state index is 0.174. The fourth-order valence-corrected chi connectivity index (χ4v) is 3.09. The van der Waals surface area contributed by atoms with Crippen LogP contribution >= 0.6 is 15.9 Å². The summed E-state index contributed by atoms with van der Waals surface area (Å²) in [6, 6.07) is 4.18. The molecule has 100 valence electrons. The van der Waals surface area contributed by atoms with Gasteiger partial charge in [-0.2, -0.15) is 0 Å². The summed E-state index contributed by atoms with van der Waals surface area (Å²) in [6.07, 6.45) is 4.75. The molecule has 2 rings (SSSR count). The lowest BCUT2D eigenvalue weighted by molar-refractivity contribution is 0.576. The van der Waals surface area contributed by atoms with Crippen LogP contribution in [0.4, 0.5) is 10.1 Å². The van der Waals surface area contributed by atoms with Gasteiger partial charge in [-0.1, -0.05) is 18.9 Å². The van der Waals surface area contributed by atoms with E-state index in [9.17, 15) is 4.39 Å². The Morgan fingerprint density at radius 1 is 1.39 bits per heavy atom. The second-order valence-corrected chi connectivity index (χ2v) is 5.76. The van der Waals surface area contributed by atoms with Gasteiger partial charge in [-0.15, -0.1) is 0 Å². The normalized spacial score (nSPS) is 20.9. The molecule has 0 bridgehead atoms. The van der Waals surface area contributed by atoms with Gasteiger partial charge in [-0.25, -0.2) is 4.39 Å². The monoisotopic (exact) mass is 314 g/mol. The first-order valence-electron chi connectivity index (χ1n) is 6.58. The van der Waals surface area contributed by atoms with E-state index in [1.807, 2.05) is 12.1 Å². The number of halogens is 2. The first kappa shape index (κ1) is 13.8. The minimum atomic E-state index is -0.174. The molecule has 2 nitrogen and oxygen atoms in total. The molecule has 1 aromatic carbocycles. The number of anilines is 1. The van der Waals surface area contributed by atoms with Crippen molar-refractivity contribution in [2.75, 3.05) is 11.4 Å². The van der Waals surface area contributed by atoms with Crippen molar-refractivity contribution in [1.82, 2.24) is 0 Å². The van der Waals surface area contributed by atoms with Gasteiger partial charge in [0.1, 0.15) is 0 Å². The van der Waals surface area contributed by atoms with E-state index in [2.05, 4.69) is 27.8 Å². The van der Waals surface area contributed by atoms with Gasteiger partial charge in [0, 0.05) is 19.1 Å². The van der Waals surface area contributed by atoms with Gasteiger partial charge < -0.3 is 10.6 Å². The Kier molecular flexibility index (Phi) is 4.62. The van der Waals surface area contributed by atoms with Crippen LogP contribution in [0.2, 0.25) is 0 Å². The summed E-state index contributed by atoms with van der Waals surface area (Å²) in [5.74, 6) is -0.174. The third-order valence-electron chi connectivity index (χ3n) is 3.72. The van der Waals surface area contributed by atoms with Crippen LogP contribution in [0.1, 0.15) is 38.2 Å². The van der Waals surface area contributed by atoms with Gasteiger partial charge in [0.05, 0.1) is 10.2 Å². The fourth-order valence-electron chi connectivity index (χ4n) is 2.59. The van der Waals surface area contributed by atoms with E-state index in [-0.39, 0.29) is 5.82 Å². The molecule has 18 heavy (non-hydrogen) atoms. The molecule has 0 spiro atoms. The van der Waals surface area contributed by atoms with Crippen molar-refractivity contribution < 1.29 is 4.39 Å². The average molecular weight is 315 g/mol. The van der Waals surface area contributed by atoms with Gasteiger partial charge in [0.15, 0.2) is 5.82 Å². The third-order valence-corrected chi connectivity index (χ3v) is 4.58. The number of hydrogen-bond acceptors (Lipinski definition) is 2. The molecule has 1 unspecified atom stereocenters. The van der Waals surface area contributed by atoms with Crippen molar-refractivity contribution in [2.45, 2.75) is 45.2 Å². The van der Waals surface area contributed by atoms with Crippen LogP contribution in [0.3, 0.4) is 0 Å². The predicted octanol–water partition coefficient (Wildman–Crippen LogP) is 3.82. The number of nitrogens with zero attached hydrogens (tertiary/aromatic N) is 1. The number of nitrogens with two attached hydrogens (primary N) is 1. The van der Waals surface area contributed by atoms with Crippen LogP contribution in [0.15, 0.2) is 16.6 Å². The molecule has 1 aromatic rings. The van der Waals surface area contributed by atoms with Crippen LogP contribution in [-0.2, 0) is 6.54 Å². The van der Waals surface area contributed by atoms with Crippen LogP contribution in [0.25, 0.3) is 0 Å². The quantitative estimate of drug-likeness (QED) is 0.899. The highest BCUT2D eigenvalue weighted by Gasteiger charge is 2.21. The maximum absolute atomic E-state index is 14.4. The third kappa shape index (κ3) is 2.69. The summed E-state index contributed by atoms with van der Waals surface area (Å²) >= 11 is 3.32. The van der Waals surface area contributed by atoms with Crippen LogP contribution in [0.5, 0.6) is 0 Å². The largest absolute Gasteiger partial charge is 0.366 e. The number of hydrogen-bond donors (Lipinski definition) is 1. The first-order chi connectivity index (χ1) is 8.65. The van der Waals surface area contributed by atoms with Crippen LogP contribution in [-0.4, -0.2) is 12.6 Å². The summed E-state index contributed by atoms with van der Waals surface area (Å²) < 4.78 is 14.9. The molecule has 4 heteroatoms. The topological polar surface area (TPSA) is 29.3 Å². The van der Waals surface area contributed by atoms with Gasteiger partial charge in [0.2, 0.25) is 0 Å². The highest BCUT2D eigenvalue weighted by Crippen LogP contribution is 2.32. The van der Waals surface area contributed by atoms with E-state index in [0.717, 1.165) is 24.9 Å². The van der Waals surface area contributed by atoms with Crippen LogP contribution < -0.4 is 10.6 Å². The van der Waals surface area contributed by atoms with Gasteiger partial charge in [0.25, 0.3) is 0 Å². The van der Waals surface area contributed by atoms with Crippen molar-refractivity contribution in [3.63, 3.8) is 0 Å². The Bertz CT molecular complexity index is 423. The smallest absolute Gasteiger partial charge is 0.160 e. The zero-order valence-electron chi connectivity index (χ0n) is 10.8. The molecule has 0 radical (unpaired) electrons. The summed E-state index contributed by atoms with van der Waals surface area (Å²) in [4.78, 5) is 2.19. The van der Waals surface area contributed by atoms with E-state index in [1.54, 1.807) is 0 Å². The van der Waals surface area contributed by atoms with E-state index >= 15 is 0 Å². The Balaban J connectivity index is 2.34. The molecular weight excluding hydrogens is 295 g/mol. The van der Waals surface area contributed by atoms with Crippen molar-refractivity contribution in [3.8, 4) is 0 Å². The zero-order valence-corrected chi connectivity index (χ0v) is 12.3. The average Bonchev–Trinajstić information content (AvgIpc) is 2.58. The van der Waals surface area contributed by atoms with E-state index in [4.69, 9.17) is 5.73 Å². The van der Waals surface area contributed by atoms with Crippen molar-refractivity contribution in [2.24, 2.45) is 5.73 Å². The second kappa shape index (κ2) is 6.02. The summed E-state index contributed by atoms with van der Waals surface area (Å²) in [7, 11) is 0. The van der Waals surface area contributed by atoms with E-state index in [0.29, 0.717) is 22.7 Å². The van der Waals surface area contributed by atoms with Crippen molar-refractivity contribution in [1.29, 1.82) is 0 Å². The summed E-state index contributed by atoms with van der Waals surface area (Å²) in [5.41, 5.74) is 7.11. The lowest BCUT2D eigenvalue weighted by Crippen LogP contribution is -2.33. The molecule has 1 aliphatic heterocycles. The first-order valence-corrected chi connectivity index (χ1v) is 7.38. The molecule has 0 amide bonds. The highest BCUT2D eigenvalue weighted by atomic mass is 79.9. The Morgan fingerprint density at radius 3 is 2.89 bits per heavy atom. The predicted molar refractivity (Wildman–Crippen MR) is 77.3 cm³/mol. The molecule has 1 heterocycles. The van der Waals surface area contributed by atoms with E-state index < -0.39 is 0 Å². The second-order valence-electron chi connectivity index (χ2n) is 4.97. The SMILES string of the molecule is CC1CCCCCN1c1ccc(CN)c(Br)c1F. The zero-order chi connectivity index (χ0) is 13.1. The molecular formula is C14H20BrFN2. The van der Waals surface area contributed by atoms with Crippen LogP contribution in [0, 0.1) is 5.82 Å². The molecule has 0 saturated carbocycles. The molecule has 1 aliphatic rings. The number of rotatable bonds is 2. The minimum Gasteiger partial charge on any atom is -0.366 e. The van der Waals surface area contributed by atoms with Gasteiger partial charge >= 0.3 is 0 Å². The van der Waals surface area contributed by atoms with Gasteiger partial charge in [-0.3, -0.25) is 0 Å². The highest BCUT2D eigenvalue weighted by molar-refractivity contribution is 9.10. The molecule has 0 aromatic heterocycles. The molecule has 2 N–H and O–H groups in total. The van der Waals surface area contributed by atoms with E-state index in [1.165, 1.54) is 12.8 Å². The Labute approximate surface area is 116 Å². The molecule has 1 saturated heterocycles. The van der Waals surface area contributed by atoms with Gasteiger partial charge in [-0.05, 0) is 47.3 Å². The van der Waals surface area contributed by atoms with Crippen molar-refractivity contribution >= 4 is 21.6 Å². The Morgan fingerprint density at radius 2 is 2.17 bits per heavy atom. The molecule has 1 fully saturated rings. The summed E-state index contributed by atoms with van der Waals surface area (Å²) in [5, 5.41) is 0. The van der Waals surface area contributed by atoms with Crippen molar-refractivity contribution in [3.05, 3.63) is 28.0 Å². The maximum atomic E-state index is 14.4. The molecule has 1 atom stereocenters.